The lowest BCUT2D eigenvalue weighted by Gasteiger charge is -2.44. The molecule has 0 N–H and O–H groups in total. The lowest BCUT2D eigenvalue weighted by Crippen LogP contribution is -2.52. The Kier molecular flexibility index (Phi) is 4.02. The molecule has 0 atom stereocenters. The monoisotopic (exact) mass is 385 g/mol. The Labute approximate surface area is 162 Å². The van der Waals surface area contributed by atoms with E-state index in [4.69, 9.17) is 25.8 Å². The average molecular weight is 386 g/mol. The Morgan fingerprint density at radius 2 is 1.85 bits per heavy atom. The molecule has 0 aromatic heterocycles. The summed E-state index contributed by atoms with van der Waals surface area (Å²) in [4.78, 5) is 14.8. The van der Waals surface area contributed by atoms with Crippen molar-refractivity contribution < 1.29 is 19.0 Å². The summed E-state index contributed by atoms with van der Waals surface area (Å²) in [5.41, 5.74) is 2.80. The molecular formula is C21H20ClNO4. The third-order valence-electron chi connectivity index (χ3n) is 5.56. The first-order chi connectivity index (χ1) is 13.1. The van der Waals surface area contributed by atoms with Crippen LogP contribution in [0.5, 0.6) is 11.5 Å². The molecule has 0 unspecified atom stereocenters. The van der Waals surface area contributed by atoms with Gasteiger partial charge in [-0.25, -0.2) is 0 Å². The Balaban J connectivity index is 1.28. The number of halogens is 1. The van der Waals surface area contributed by atoms with E-state index in [2.05, 4.69) is 0 Å². The van der Waals surface area contributed by atoms with Crippen LogP contribution in [0.3, 0.4) is 0 Å². The van der Waals surface area contributed by atoms with E-state index in [1.165, 1.54) is 0 Å². The zero-order valence-corrected chi connectivity index (χ0v) is 15.6. The number of hydrogen-bond acceptors (Lipinski definition) is 4. The third kappa shape index (κ3) is 3.05. The molecule has 3 heterocycles. The van der Waals surface area contributed by atoms with E-state index in [1.807, 2.05) is 41.3 Å². The first kappa shape index (κ1) is 16.9. The minimum atomic E-state index is -0.649. The molecular weight excluding hydrogens is 366 g/mol. The van der Waals surface area contributed by atoms with E-state index >= 15 is 0 Å². The highest BCUT2D eigenvalue weighted by Crippen LogP contribution is 2.38. The molecule has 1 fully saturated rings. The molecule has 0 bridgehead atoms. The summed E-state index contributed by atoms with van der Waals surface area (Å²) >= 11 is 6.04. The maximum absolute atomic E-state index is 12.9. The Morgan fingerprint density at radius 1 is 1.04 bits per heavy atom. The van der Waals surface area contributed by atoms with Crippen molar-refractivity contribution in [2.45, 2.75) is 31.7 Å². The Hall–Kier alpha value is -2.24. The van der Waals surface area contributed by atoms with Gasteiger partial charge in [0.05, 0.1) is 13.2 Å². The van der Waals surface area contributed by atoms with E-state index in [0.717, 1.165) is 34.6 Å². The van der Waals surface area contributed by atoms with Crippen LogP contribution in [-0.4, -0.2) is 36.3 Å². The Morgan fingerprint density at radius 3 is 2.70 bits per heavy atom. The number of carbonyl (C=O) groups excluding carboxylic acids is 1. The van der Waals surface area contributed by atoms with Gasteiger partial charge in [0.15, 0.2) is 0 Å². The van der Waals surface area contributed by atoms with Crippen molar-refractivity contribution >= 4 is 17.5 Å². The van der Waals surface area contributed by atoms with Gasteiger partial charge in [-0.15, -0.1) is 0 Å². The second-order valence-corrected chi connectivity index (χ2v) is 7.70. The molecule has 0 aliphatic carbocycles. The van der Waals surface area contributed by atoms with Gasteiger partial charge in [-0.3, -0.25) is 4.79 Å². The normalized spacial score (nSPS) is 19.8. The largest absolute Gasteiger partial charge is 0.493 e. The minimum absolute atomic E-state index is 0.0579. The first-order valence-electron chi connectivity index (χ1n) is 9.28. The number of ether oxygens (including phenoxy) is 3. The molecule has 0 saturated carbocycles. The van der Waals surface area contributed by atoms with E-state index in [0.29, 0.717) is 44.2 Å². The molecule has 3 aliphatic heterocycles. The standard InChI is InChI=1S/C21H20ClNO4/c22-17-2-4-19-16(12-17)13-26-21(27-19)6-8-23(9-7-21)20(24)15-1-3-18-14(11-15)5-10-25-18/h1-4,11-12H,5-10,13H2. The lowest BCUT2D eigenvalue weighted by atomic mass is 10.00. The van der Waals surface area contributed by atoms with Gasteiger partial charge in [0, 0.05) is 48.5 Å². The number of benzene rings is 2. The van der Waals surface area contributed by atoms with Crippen molar-refractivity contribution in [3.8, 4) is 11.5 Å². The second-order valence-electron chi connectivity index (χ2n) is 7.27. The van der Waals surface area contributed by atoms with Crippen LogP contribution in [-0.2, 0) is 17.8 Å². The summed E-state index contributed by atoms with van der Waals surface area (Å²) < 4.78 is 17.7. The maximum atomic E-state index is 12.9. The fraction of sp³-hybridized carbons (Fsp3) is 0.381. The van der Waals surface area contributed by atoms with Gasteiger partial charge in [-0.05, 0) is 42.0 Å². The van der Waals surface area contributed by atoms with Crippen LogP contribution in [0.4, 0.5) is 0 Å². The third-order valence-corrected chi connectivity index (χ3v) is 5.79. The molecule has 6 heteroatoms. The molecule has 2 aromatic carbocycles. The van der Waals surface area contributed by atoms with Crippen LogP contribution < -0.4 is 9.47 Å². The van der Waals surface area contributed by atoms with Crippen molar-refractivity contribution in [1.29, 1.82) is 0 Å². The molecule has 0 radical (unpaired) electrons. The van der Waals surface area contributed by atoms with Crippen LogP contribution in [0.1, 0.15) is 34.3 Å². The van der Waals surface area contributed by atoms with E-state index in [-0.39, 0.29) is 5.91 Å². The van der Waals surface area contributed by atoms with Crippen LogP contribution in [0.25, 0.3) is 0 Å². The number of carbonyl (C=O) groups is 1. The molecule has 2 aromatic rings. The highest BCUT2D eigenvalue weighted by Gasteiger charge is 2.42. The fourth-order valence-electron chi connectivity index (χ4n) is 4.00. The van der Waals surface area contributed by atoms with Gasteiger partial charge in [-0.2, -0.15) is 0 Å². The van der Waals surface area contributed by atoms with E-state index in [9.17, 15) is 4.79 Å². The number of amides is 1. The van der Waals surface area contributed by atoms with Gasteiger partial charge >= 0.3 is 0 Å². The van der Waals surface area contributed by atoms with Gasteiger partial charge in [0.2, 0.25) is 5.79 Å². The minimum Gasteiger partial charge on any atom is -0.493 e. The molecule has 5 rings (SSSR count). The predicted octanol–water partition coefficient (Wildman–Crippen LogP) is 3.82. The maximum Gasteiger partial charge on any atom is 0.253 e. The molecule has 1 saturated heterocycles. The summed E-state index contributed by atoms with van der Waals surface area (Å²) in [6.45, 7) is 2.39. The number of piperidine rings is 1. The predicted molar refractivity (Wildman–Crippen MR) is 100 cm³/mol. The van der Waals surface area contributed by atoms with Crippen molar-refractivity contribution in [3.63, 3.8) is 0 Å². The average Bonchev–Trinajstić information content (AvgIpc) is 3.16. The van der Waals surface area contributed by atoms with Crippen LogP contribution in [0.15, 0.2) is 36.4 Å². The van der Waals surface area contributed by atoms with Gasteiger partial charge < -0.3 is 19.1 Å². The van der Waals surface area contributed by atoms with Crippen molar-refractivity contribution in [2.75, 3.05) is 19.7 Å². The quantitative estimate of drug-likeness (QED) is 0.748. The van der Waals surface area contributed by atoms with Crippen molar-refractivity contribution in [2.24, 2.45) is 0 Å². The number of nitrogens with zero attached hydrogens (tertiary/aromatic N) is 1. The summed E-state index contributed by atoms with van der Waals surface area (Å²) in [7, 11) is 0. The van der Waals surface area contributed by atoms with Gasteiger partial charge in [-0.1, -0.05) is 11.6 Å². The second kappa shape index (κ2) is 6.43. The van der Waals surface area contributed by atoms with Crippen molar-refractivity contribution in [1.82, 2.24) is 4.90 Å². The number of hydrogen-bond donors (Lipinski definition) is 0. The number of likely N-dealkylation sites (tertiary alicyclic amines) is 1. The highest BCUT2D eigenvalue weighted by molar-refractivity contribution is 6.30. The summed E-state index contributed by atoms with van der Waals surface area (Å²) in [6.07, 6.45) is 2.16. The zero-order chi connectivity index (χ0) is 18.4. The molecule has 140 valence electrons. The zero-order valence-electron chi connectivity index (χ0n) is 14.9. The van der Waals surface area contributed by atoms with E-state index in [1.54, 1.807) is 0 Å². The molecule has 1 amide bonds. The first-order valence-corrected chi connectivity index (χ1v) is 9.66. The SMILES string of the molecule is O=C(c1ccc2c(c1)CCO2)N1CCC2(CC1)OCc1cc(Cl)ccc1O2. The van der Waals surface area contributed by atoms with Crippen LogP contribution in [0.2, 0.25) is 5.02 Å². The summed E-state index contributed by atoms with van der Waals surface area (Å²) in [5, 5.41) is 0.678. The van der Waals surface area contributed by atoms with Crippen molar-refractivity contribution in [3.05, 3.63) is 58.1 Å². The van der Waals surface area contributed by atoms with Crippen LogP contribution in [0, 0.1) is 0 Å². The summed E-state index contributed by atoms with van der Waals surface area (Å²) in [5.74, 6) is 1.13. The molecule has 27 heavy (non-hydrogen) atoms. The topological polar surface area (TPSA) is 48.0 Å². The molecule has 1 spiro atoms. The lowest BCUT2D eigenvalue weighted by molar-refractivity contribution is -0.225. The van der Waals surface area contributed by atoms with E-state index < -0.39 is 5.79 Å². The fourth-order valence-corrected chi connectivity index (χ4v) is 4.19. The van der Waals surface area contributed by atoms with Gasteiger partial charge in [0.1, 0.15) is 11.5 Å². The molecule has 3 aliphatic rings. The smallest absolute Gasteiger partial charge is 0.253 e. The summed E-state index contributed by atoms with van der Waals surface area (Å²) in [6, 6.07) is 11.3. The Bertz CT molecular complexity index is 905. The molecule has 5 nitrogen and oxygen atoms in total. The van der Waals surface area contributed by atoms with Gasteiger partial charge in [0.25, 0.3) is 5.91 Å². The number of fused-ring (bicyclic) bond motifs is 2. The highest BCUT2D eigenvalue weighted by atomic mass is 35.5. The van der Waals surface area contributed by atoms with Crippen LogP contribution >= 0.6 is 11.6 Å². The number of rotatable bonds is 1.